The zero-order valence-electron chi connectivity index (χ0n) is 10.6. The van der Waals surface area contributed by atoms with Gasteiger partial charge in [-0.15, -0.1) is 0 Å². The Morgan fingerprint density at radius 1 is 1.53 bits per heavy atom. The fourth-order valence-corrected chi connectivity index (χ4v) is 3.07. The highest BCUT2D eigenvalue weighted by Crippen LogP contribution is 2.28. The molecule has 3 saturated heterocycles. The predicted octanol–water partition coefficient (Wildman–Crippen LogP) is 0.585. The van der Waals surface area contributed by atoms with Gasteiger partial charge < -0.3 is 21.2 Å². The van der Waals surface area contributed by atoms with Crippen LogP contribution < -0.4 is 11.1 Å². The third-order valence-corrected chi connectivity index (χ3v) is 4.18. The Hall–Kier alpha value is -0.810. The van der Waals surface area contributed by atoms with E-state index in [9.17, 15) is 0 Å². The van der Waals surface area contributed by atoms with E-state index in [4.69, 9.17) is 10.9 Å². The van der Waals surface area contributed by atoms with Crippen LogP contribution in [-0.2, 0) is 0 Å². The maximum Gasteiger partial charge on any atom is 0.140 e. The third kappa shape index (κ3) is 3.10. The maximum atomic E-state index is 8.62. The molecule has 0 aromatic carbocycles. The number of hydrogen-bond donors (Lipinski definition) is 3. The molecular weight excluding hydrogens is 216 g/mol. The quantitative estimate of drug-likeness (QED) is 0.284. The fourth-order valence-electron chi connectivity index (χ4n) is 3.07. The maximum absolute atomic E-state index is 8.62. The molecule has 0 aromatic heterocycles. The summed E-state index contributed by atoms with van der Waals surface area (Å²) in [6, 6.07) is 0.922. The molecule has 4 N–H and O–H groups in total. The van der Waals surface area contributed by atoms with Gasteiger partial charge in [-0.05, 0) is 38.3 Å². The van der Waals surface area contributed by atoms with Crippen molar-refractivity contribution in [3.8, 4) is 0 Å². The summed E-state index contributed by atoms with van der Waals surface area (Å²) in [6.45, 7) is 5.83. The topological polar surface area (TPSA) is 73.9 Å². The molecule has 0 radical (unpaired) electrons. The molecule has 17 heavy (non-hydrogen) atoms. The number of hydrogen-bond acceptors (Lipinski definition) is 4. The Morgan fingerprint density at radius 2 is 2.24 bits per heavy atom. The molecule has 98 valence electrons. The summed E-state index contributed by atoms with van der Waals surface area (Å²) in [4.78, 5) is 2.54. The van der Waals surface area contributed by atoms with Gasteiger partial charge in [0.2, 0.25) is 0 Å². The molecule has 0 amide bonds. The summed E-state index contributed by atoms with van der Waals surface area (Å²) < 4.78 is 0. The lowest BCUT2D eigenvalue weighted by atomic mass is 9.83. The summed E-state index contributed by atoms with van der Waals surface area (Å²) in [6.07, 6.45) is 4.28. The first-order chi connectivity index (χ1) is 8.22. The van der Waals surface area contributed by atoms with Crippen LogP contribution in [0.5, 0.6) is 0 Å². The molecule has 3 fully saturated rings. The second-order valence-electron chi connectivity index (χ2n) is 5.31. The monoisotopic (exact) mass is 240 g/mol. The largest absolute Gasteiger partial charge is 0.409 e. The minimum Gasteiger partial charge on any atom is -0.409 e. The van der Waals surface area contributed by atoms with Gasteiger partial charge in [0.25, 0.3) is 0 Å². The van der Waals surface area contributed by atoms with Crippen molar-refractivity contribution < 1.29 is 5.21 Å². The highest BCUT2D eigenvalue weighted by atomic mass is 16.4. The van der Waals surface area contributed by atoms with Crippen LogP contribution >= 0.6 is 0 Å². The molecule has 5 nitrogen and oxygen atoms in total. The number of amidine groups is 1. The summed E-state index contributed by atoms with van der Waals surface area (Å²) in [5.74, 6) is 1.15. The standard InChI is InChI=1S/C12H24N4O/c1-2-10(7-12(13)15-17)14-11-8-16-5-3-9(11)4-6-16/h9-11,14,17H,2-8H2,1H3,(H2,13,15). The minimum absolute atomic E-state index is 0.325. The van der Waals surface area contributed by atoms with Crippen molar-refractivity contribution in [3.63, 3.8) is 0 Å². The Bertz CT molecular complexity index is 274. The lowest BCUT2D eigenvalue weighted by Crippen LogP contribution is -2.58. The van der Waals surface area contributed by atoms with Crippen LogP contribution in [0, 0.1) is 5.92 Å². The Labute approximate surface area is 103 Å². The van der Waals surface area contributed by atoms with Crippen LogP contribution in [0.15, 0.2) is 5.16 Å². The number of nitrogens with zero attached hydrogens (tertiary/aromatic N) is 2. The molecule has 5 heteroatoms. The highest BCUT2D eigenvalue weighted by molar-refractivity contribution is 5.80. The average molecular weight is 240 g/mol. The number of fused-ring (bicyclic) bond motifs is 3. The lowest BCUT2D eigenvalue weighted by molar-refractivity contribution is 0.0670. The Kier molecular flexibility index (Phi) is 4.23. The summed E-state index contributed by atoms with van der Waals surface area (Å²) >= 11 is 0. The third-order valence-electron chi connectivity index (χ3n) is 4.18. The molecular formula is C12H24N4O. The second-order valence-corrected chi connectivity index (χ2v) is 5.31. The van der Waals surface area contributed by atoms with Crippen LogP contribution in [-0.4, -0.2) is 47.7 Å². The van der Waals surface area contributed by atoms with Crippen molar-refractivity contribution in [2.75, 3.05) is 19.6 Å². The van der Waals surface area contributed by atoms with E-state index in [1.807, 2.05) is 0 Å². The lowest BCUT2D eigenvalue weighted by Gasteiger charge is -2.46. The van der Waals surface area contributed by atoms with Crippen molar-refractivity contribution in [3.05, 3.63) is 0 Å². The molecule has 0 spiro atoms. The van der Waals surface area contributed by atoms with Crippen LogP contribution in [0.3, 0.4) is 0 Å². The molecule has 2 unspecified atom stereocenters. The number of piperidine rings is 3. The molecule has 0 saturated carbocycles. The van der Waals surface area contributed by atoms with E-state index in [1.165, 1.54) is 25.9 Å². The van der Waals surface area contributed by atoms with Crippen molar-refractivity contribution in [1.29, 1.82) is 0 Å². The zero-order valence-corrected chi connectivity index (χ0v) is 10.6. The van der Waals surface area contributed by atoms with Crippen LogP contribution in [0.25, 0.3) is 0 Å². The summed E-state index contributed by atoms with van der Waals surface area (Å²) in [5, 5.41) is 15.4. The molecule has 3 aliphatic rings. The number of rotatable bonds is 5. The van der Waals surface area contributed by atoms with E-state index < -0.39 is 0 Å². The number of nitrogens with two attached hydrogens (primary N) is 1. The van der Waals surface area contributed by atoms with Crippen molar-refractivity contribution >= 4 is 5.84 Å². The second kappa shape index (κ2) is 5.69. The van der Waals surface area contributed by atoms with Gasteiger partial charge in [-0.25, -0.2) is 0 Å². The van der Waals surface area contributed by atoms with E-state index in [1.54, 1.807) is 0 Å². The van der Waals surface area contributed by atoms with Gasteiger partial charge in [-0.2, -0.15) is 0 Å². The summed E-state index contributed by atoms with van der Waals surface area (Å²) in [7, 11) is 0. The van der Waals surface area contributed by atoms with E-state index in [2.05, 4.69) is 22.3 Å². The number of nitrogens with one attached hydrogen (secondary N) is 1. The van der Waals surface area contributed by atoms with Crippen LogP contribution in [0.4, 0.5) is 0 Å². The van der Waals surface area contributed by atoms with E-state index in [0.29, 0.717) is 24.3 Å². The van der Waals surface area contributed by atoms with Crippen LogP contribution in [0.1, 0.15) is 32.6 Å². The molecule has 2 atom stereocenters. The first kappa shape index (κ1) is 12.6. The van der Waals surface area contributed by atoms with Gasteiger partial charge in [0.15, 0.2) is 0 Å². The first-order valence-corrected chi connectivity index (χ1v) is 6.67. The predicted molar refractivity (Wildman–Crippen MR) is 68.2 cm³/mol. The molecule has 3 rings (SSSR count). The van der Waals surface area contributed by atoms with Gasteiger partial charge in [-0.1, -0.05) is 12.1 Å². The van der Waals surface area contributed by atoms with Crippen molar-refractivity contribution in [1.82, 2.24) is 10.2 Å². The van der Waals surface area contributed by atoms with Crippen molar-refractivity contribution in [2.24, 2.45) is 16.8 Å². The SMILES string of the molecule is CCC(CC(N)=NO)NC1CN2CCC1CC2. The van der Waals surface area contributed by atoms with E-state index >= 15 is 0 Å². The first-order valence-electron chi connectivity index (χ1n) is 6.67. The molecule has 3 aliphatic heterocycles. The molecule has 0 aliphatic carbocycles. The number of oxime groups is 1. The van der Waals surface area contributed by atoms with Gasteiger partial charge in [-0.3, -0.25) is 0 Å². The Balaban J connectivity index is 1.86. The molecule has 2 bridgehead atoms. The van der Waals surface area contributed by atoms with E-state index in [0.717, 1.165) is 18.9 Å². The zero-order chi connectivity index (χ0) is 12.3. The fraction of sp³-hybridized carbons (Fsp3) is 0.917. The minimum atomic E-state index is 0.325. The molecule has 0 aromatic rings. The van der Waals surface area contributed by atoms with Crippen LogP contribution in [0.2, 0.25) is 0 Å². The van der Waals surface area contributed by atoms with Gasteiger partial charge >= 0.3 is 0 Å². The Morgan fingerprint density at radius 3 is 2.71 bits per heavy atom. The van der Waals surface area contributed by atoms with Crippen molar-refractivity contribution in [2.45, 2.75) is 44.7 Å². The van der Waals surface area contributed by atoms with Gasteiger partial charge in [0, 0.05) is 25.0 Å². The van der Waals surface area contributed by atoms with E-state index in [-0.39, 0.29) is 0 Å². The molecule has 3 heterocycles. The highest BCUT2D eigenvalue weighted by Gasteiger charge is 2.34. The average Bonchev–Trinajstić information content (AvgIpc) is 2.39. The van der Waals surface area contributed by atoms with Gasteiger partial charge in [0.1, 0.15) is 5.84 Å². The normalized spacial score (nSPS) is 34.9. The summed E-state index contributed by atoms with van der Waals surface area (Å²) in [5.41, 5.74) is 5.58. The van der Waals surface area contributed by atoms with Gasteiger partial charge in [0.05, 0.1) is 0 Å². The smallest absolute Gasteiger partial charge is 0.140 e.